The summed E-state index contributed by atoms with van der Waals surface area (Å²) in [5, 5.41) is 2.57. The molecule has 3 rings (SSSR count). The molecule has 1 atom stereocenters. The predicted molar refractivity (Wildman–Crippen MR) is 101 cm³/mol. The van der Waals surface area contributed by atoms with Crippen molar-refractivity contribution in [3.8, 4) is 0 Å². The minimum atomic E-state index is -1.11. The smallest absolute Gasteiger partial charge is 0.253 e. The molecule has 1 aliphatic carbocycles. The molecular weight excluding hydrogens is 367 g/mol. The van der Waals surface area contributed by atoms with E-state index in [0.29, 0.717) is 13.2 Å². The van der Waals surface area contributed by atoms with Crippen molar-refractivity contribution >= 4 is 29.1 Å². The highest BCUT2D eigenvalue weighted by molar-refractivity contribution is 6.09. The number of anilines is 2. The van der Waals surface area contributed by atoms with Gasteiger partial charge in [0, 0.05) is 18.3 Å². The summed E-state index contributed by atoms with van der Waals surface area (Å²) in [6.07, 6.45) is 2.89. The third-order valence-electron chi connectivity index (χ3n) is 5.25. The highest BCUT2D eigenvalue weighted by Gasteiger charge is 2.37. The number of ether oxygens (including phenoxy) is 1. The largest absolute Gasteiger partial charge is 0.370 e. The molecule has 28 heavy (non-hydrogen) atoms. The Morgan fingerprint density at radius 1 is 1.43 bits per heavy atom. The van der Waals surface area contributed by atoms with Crippen molar-refractivity contribution in [2.45, 2.75) is 38.3 Å². The van der Waals surface area contributed by atoms with Gasteiger partial charge in [0.15, 0.2) is 6.04 Å². The molecule has 0 bridgehead atoms. The lowest BCUT2D eigenvalue weighted by atomic mass is 9.90. The van der Waals surface area contributed by atoms with Crippen LogP contribution in [0.2, 0.25) is 0 Å². The lowest BCUT2D eigenvalue weighted by Gasteiger charge is -2.40. The van der Waals surface area contributed by atoms with Gasteiger partial charge >= 0.3 is 0 Å². The Bertz CT molecular complexity index is 768. The van der Waals surface area contributed by atoms with Crippen molar-refractivity contribution < 1.29 is 23.5 Å². The topological polar surface area (TPSA) is 105 Å². The molecule has 1 saturated heterocycles. The maximum absolute atomic E-state index is 14.5. The van der Waals surface area contributed by atoms with E-state index in [1.165, 1.54) is 17.0 Å². The van der Waals surface area contributed by atoms with Crippen molar-refractivity contribution in [2.75, 3.05) is 36.5 Å². The molecule has 0 aromatic heterocycles. The number of benzene rings is 1. The quantitative estimate of drug-likeness (QED) is 0.670. The summed E-state index contributed by atoms with van der Waals surface area (Å²) in [6.45, 7) is 2.88. The number of halogens is 1. The van der Waals surface area contributed by atoms with Crippen LogP contribution < -0.4 is 16.0 Å². The van der Waals surface area contributed by atoms with Crippen LogP contribution in [0.3, 0.4) is 0 Å². The van der Waals surface area contributed by atoms with Gasteiger partial charge in [-0.15, -0.1) is 0 Å². The predicted octanol–water partition coefficient (Wildman–Crippen LogP) is 0.856. The van der Waals surface area contributed by atoms with E-state index in [9.17, 15) is 18.8 Å². The van der Waals surface area contributed by atoms with Gasteiger partial charge in [0.25, 0.3) is 11.8 Å². The Kier molecular flexibility index (Phi) is 6.25. The lowest BCUT2D eigenvalue weighted by molar-refractivity contribution is -0.134. The number of nitrogens with two attached hydrogens (primary N) is 1. The normalized spacial score (nSPS) is 18.7. The van der Waals surface area contributed by atoms with Crippen LogP contribution in [0.1, 0.15) is 26.2 Å². The Hall–Kier alpha value is -2.52. The summed E-state index contributed by atoms with van der Waals surface area (Å²) in [4.78, 5) is 39.6. The zero-order valence-electron chi connectivity index (χ0n) is 15.8. The lowest BCUT2D eigenvalue weighted by Crippen LogP contribution is -2.57. The number of likely N-dealkylation sites (N-methyl/N-ethyl adjacent to an activating group) is 1. The second-order valence-electron chi connectivity index (χ2n) is 6.97. The van der Waals surface area contributed by atoms with Gasteiger partial charge in [-0.25, -0.2) is 4.39 Å². The first-order valence-corrected chi connectivity index (χ1v) is 9.46. The number of morpholine rings is 1. The molecule has 0 spiro atoms. The Morgan fingerprint density at radius 3 is 2.71 bits per heavy atom. The highest BCUT2D eigenvalue weighted by Crippen LogP contribution is 2.27. The number of nitrogens with zero attached hydrogens (tertiary/aromatic N) is 2. The SMILES string of the molecule is CCN(C1CCC1)[C@@H](C(N)=O)C(=O)Nc1ccc(N2CCOCC2=O)c(F)c1. The number of primary amides is 1. The Balaban J connectivity index is 1.74. The van der Waals surface area contributed by atoms with Gasteiger partial charge in [-0.05, 0) is 37.6 Å². The maximum atomic E-state index is 14.5. The minimum absolute atomic E-state index is 0.0910. The zero-order chi connectivity index (χ0) is 20.3. The van der Waals surface area contributed by atoms with E-state index < -0.39 is 23.7 Å². The molecular formula is C19H25FN4O4. The van der Waals surface area contributed by atoms with E-state index in [1.54, 1.807) is 4.90 Å². The molecule has 0 unspecified atom stereocenters. The van der Waals surface area contributed by atoms with Crippen LogP contribution in [0, 0.1) is 5.82 Å². The number of nitrogens with one attached hydrogen (secondary N) is 1. The third-order valence-corrected chi connectivity index (χ3v) is 5.25. The number of amides is 3. The molecule has 2 aliphatic rings. The summed E-state index contributed by atoms with van der Waals surface area (Å²) in [5.74, 6) is -2.29. The maximum Gasteiger partial charge on any atom is 0.253 e. The number of carbonyl (C=O) groups is 3. The first-order valence-electron chi connectivity index (χ1n) is 9.46. The van der Waals surface area contributed by atoms with E-state index in [0.717, 1.165) is 25.3 Å². The zero-order valence-corrected chi connectivity index (χ0v) is 15.8. The molecule has 1 aromatic rings. The van der Waals surface area contributed by atoms with E-state index in [-0.39, 0.29) is 36.5 Å². The van der Waals surface area contributed by atoms with Gasteiger partial charge < -0.3 is 20.7 Å². The van der Waals surface area contributed by atoms with Crippen molar-refractivity contribution in [2.24, 2.45) is 5.73 Å². The highest BCUT2D eigenvalue weighted by atomic mass is 19.1. The van der Waals surface area contributed by atoms with Crippen LogP contribution in [0.5, 0.6) is 0 Å². The molecule has 9 heteroatoms. The summed E-state index contributed by atoms with van der Waals surface area (Å²) < 4.78 is 19.6. The van der Waals surface area contributed by atoms with Crippen molar-refractivity contribution in [3.05, 3.63) is 24.0 Å². The monoisotopic (exact) mass is 392 g/mol. The molecule has 1 saturated carbocycles. The van der Waals surface area contributed by atoms with E-state index in [2.05, 4.69) is 5.32 Å². The average molecular weight is 392 g/mol. The number of rotatable bonds is 7. The van der Waals surface area contributed by atoms with Crippen LogP contribution in [0.25, 0.3) is 0 Å². The van der Waals surface area contributed by atoms with Crippen molar-refractivity contribution in [3.63, 3.8) is 0 Å². The number of carbonyl (C=O) groups excluding carboxylic acids is 3. The molecule has 152 valence electrons. The van der Waals surface area contributed by atoms with E-state index >= 15 is 0 Å². The standard InChI is InChI=1S/C19H25FN4O4/c1-2-23(13-4-3-5-13)17(18(21)26)19(27)22-12-6-7-15(14(20)10-12)24-8-9-28-11-16(24)25/h6-7,10,13,17H,2-5,8-9,11H2,1H3,(H2,21,26)(H,22,27)/t17-/m0/s1. The molecule has 1 aliphatic heterocycles. The Morgan fingerprint density at radius 2 is 2.18 bits per heavy atom. The van der Waals surface area contributed by atoms with Crippen LogP contribution in [-0.4, -0.2) is 61.0 Å². The fraction of sp³-hybridized carbons (Fsp3) is 0.526. The number of hydrogen-bond acceptors (Lipinski definition) is 5. The summed E-state index contributed by atoms with van der Waals surface area (Å²) in [5.41, 5.74) is 5.80. The van der Waals surface area contributed by atoms with Crippen molar-refractivity contribution in [1.29, 1.82) is 0 Å². The molecule has 3 amide bonds. The van der Waals surface area contributed by atoms with E-state index in [4.69, 9.17) is 10.5 Å². The first-order chi connectivity index (χ1) is 13.4. The fourth-order valence-corrected chi connectivity index (χ4v) is 3.60. The van der Waals surface area contributed by atoms with Crippen LogP contribution in [0.15, 0.2) is 18.2 Å². The second kappa shape index (κ2) is 8.66. The average Bonchev–Trinajstić information content (AvgIpc) is 2.60. The van der Waals surface area contributed by atoms with Gasteiger partial charge in [0.2, 0.25) is 5.91 Å². The molecule has 0 radical (unpaired) electrons. The molecule has 1 aromatic carbocycles. The number of hydrogen-bond donors (Lipinski definition) is 2. The molecule has 2 fully saturated rings. The first kappa shape index (κ1) is 20.2. The van der Waals surface area contributed by atoms with Crippen LogP contribution in [0.4, 0.5) is 15.8 Å². The summed E-state index contributed by atoms with van der Waals surface area (Å²) in [7, 11) is 0. The second-order valence-corrected chi connectivity index (χ2v) is 6.97. The van der Waals surface area contributed by atoms with Crippen LogP contribution in [-0.2, 0) is 19.1 Å². The third kappa shape index (κ3) is 4.15. The van der Waals surface area contributed by atoms with Gasteiger partial charge in [-0.1, -0.05) is 13.3 Å². The fourth-order valence-electron chi connectivity index (χ4n) is 3.60. The van der Waals surface area contributed by atoms with Crippen LogP contribution >= 0.6 is 0 Å². The summed E-state index contributed by atoms with van der Waals surface area (Å²) in [6, 6.07) is 3.10. The summed E-state index contributed by atoms with van der Waals surface area (Å²) >= 11 is 0. The van der Waals surface area contributed by atoms with Gasteiger partial charge in [0.05, 0.1) is 12.3 Å². The van der Waals surface area contributed by atoms with Gasteiger partial charge in [-0.2, -0.15) is 0 Å². The van der Waals surface area contributed by atoms with Gasteiger partial charge in [-0.3, -0.25) is 19.3 Å². The van der Waals surface area contributed by atoms with Gasteiger partial charge in [0.1, 0.15) is 12.4 Å². The van der Waals surface area contributed by atoms with E-state index in [1.807, 2.05) is 6.92 Å². The van der Waals surface area contributed by atoms with Crippen molar-refractivity contribution in [1.82, 2.24) is 4.90 Å². The molecule has 8 nitrogen and oxygen atoms in total. The molecule has 3 N–H and O–H groups in total. The molecule has 1 heterocycles. The minimum Gasteiger partial charge on any atom is -0.370 e. The Labute approximate surface area is 162 Å².